The number of carbonyl (C=O) groups is 1. The summed E-state index contributed by atoms with van der Waals surface area (Å²) in [6, 6.07) is 8.89. The van der Waals surface area contributed by atoms with Gasteiger partial charge in [0.15, 0.2) is 0 Å². The van der Waals surface area contributed by atoms with Crippen molar-refractivity contribution in [3.63, 3.8) is 0 Å². The SMILES string of the molecule is Cc1cc(C#CC(=O)c2ccccn2)cc(C)n1. The molecule has 2 aromatic heterocycles. The van der Waals surface area contributed by atoms with Crippen molar-refractivity contribution < 1.29 is 4.79 Å². The van der Waals surface area contributed by atoms with Crippen LogP contribution in [0.2, 0.25) is 0 Å². The van der Waals surface area contributed by atoms with E-state index in [0.29, 0.717) is 5.69 Å². The quantitative estimate of drug-likeness (QED) is 0.563. The number of hydrogen-bond donors (Lipinski definition) is 0. The Hall–Kier alpha value is -2.47. The van der Waals surface area contributed by atoms with Gasteiger partial charge in [0, 0.05) is 23.1 Å². The predicted octanol–water partition coefficient (Wildman–Crippen LogP) is 2.33. The van der Waals surface area contributed by atoms with E-state index in [9.17, 15) is 4.79 Å². The Labute approximate surface area is 106 Å². The average molecular weight is 236 g/mol. The Kier molecular flexibility index (Phi) is 3.49. The van der Waals surface area contributed by atoms with Gasteiger partial charge in [-0.25, -0.2) is 0 Å². The fraction of sp³-hybridized carbons (Fsp3) is 0.133. The van der Waals surface area contributed by atoms with Gasteiger partial charge in [-0.3, -0.25) is 14.8 Å². The second kappa shape index (κ2) is 5.24. The number of nitrogens with zero attached hydrogens (tertiary/aromatic N) is 2. The highest BCUT2D eigenvalue weighted by molar-refractivity contribution is 6.07. The van der Waals surface area contributed by atoms with Gasteiger partial charge >= 0.3 is 0 Å². The van der Waals surface area contributed by atoms with Gasteiger partial charge in [-0.15, -0.1) is 0 Å². The number of rotatable bonds is 1. The Bertz CT molecular complexity index is 616. The highest BCUT2D eigenvalue weighted by Gasteiger charge is 2.01. The molecular formula is C15H12N2O. The third kappa shape index (κ3) is 3.02. The van der Waals surface area contributed by atoms with Gasteiger partial charge in [-0.1, -0.05) is 12.0 Å². The van der Waals surface area contributed by atoms with Crippen LogP contribution >= 0.6 is 0 Å². The number of ketones is 1. The van der Waals surface area contributed by atoms with Gasteiger partial charge in [-0.2, -0.15) is 0 Å². The molecule has 0 N–H and O–H groups in total. The maximum absolute atomic E-state index is 11.7. The molecule has 0 amide bonds. The monoisotopic (exact) mass is 236 g/mol. The van der Waals surface area contributed by atoms with Gasteiger partial charge in [-0.05, 0) is 44.0 Å². The van der Waals surface area contributed by atoms with Crippen molar-refractivity contribution in [1.82, 2.24) is 9.97 Å². The first-order valence-corrected chi connectivity index (χ1v) is 5.58. The molecule has 2 heterocycles. The molecule has 0 saturated carbocycles. The van der Waals surface area contributed by atoms with Crippen LogP contribution in [0, 0.1) is 25.7 Å². The van der Waals surface area contributed by atoms with Crippen LogP contribution < -0.4 is 0 Å². The van der Waals surface area contributed by atoms with E-state index < -0.39 is 0 Å². The molecule has 0 saturated heterocycles. The van der Waals surface area contributed by atoms with Gasteiger partial charge in [0.2, 0.25) is 0 Å². The lowest BCUT2D eigenvalue weighted by atomic mass is 10.2. The molecule has 18 heavy (non-hydrogen) atoms. The molecule has 0 aliphatic rings. The number of hydrogen-bond acceptors (Lipinski definition) is 3. The molecule has 0 aromatic carbocycles. The second-order valence-electron chi connectivity index (χ2n) is 3.93. The minimum absolute atomic E-state index is 0.275. The molecule has 0 aliphatic heterocycles. The number of aromatic nitrogens is 2. The fourth-order valence-electron chi connectivity index (χ4n) is 1.60. The molecule has 0 aliphatic carbocycles. The highest BCUT2D eigenvalue weighted by Crippen LogP contribution is 2.03. The van der Waals surface area contributed by atoms with Crippen LogP contribution in [0.1, 0.15) is 27.4 Å². The summed E-state index contributed by atoms with van der Waals surface area (Å²) in [6.07, 6.45) is 1.58. The van der Waals surface area contributed by atoms with Crippen LogP contribution in [-0.4, -0.2) is 15.8 Å². The first-order chi connectivity index (χ1) is 8.65. The standard InChI is InChI=1S/C15H12N2O/c1-11-9-13(10-12(2)17-11)6-7-15(18)14-5-3-4-8-16-14/h3-5,8-10H,1-2H3. The summed E-state index contributed by atoms with van der Waals surface area (Å²) in [7, 11) is 0. The van der Waals surface area contributed by atoms with Gasteiger partial charge in [0.1, 0.15) is 5.69 Å². The molecule has 2 rings (SSSR count). The second-order valence-corrected chi connectivity index (χ2v) is 3.93. The lowest BCUT2D eigenvalue weighted by Crippen LogP contribution is -1.97. The number of Topliss-reactive ketones (excluding diaryl/α,β-unsaturated/α-hetero) is 1. The van der Waals surface area contributed by atoms with Crippen molar-refractivity contribution >= 4 is 5.78 Å². The van der Waals surface area contributed by atoms with Crippen molar-refractivity contribution in [2.45, 2.75) is 13.8 Å². The maximum atomic E-state index is 11.7. The van der Waals surface area contributed by atoms with Crippen LogP contribution in [0.15, 0.2) is 36.5 Å². The summed E-state index contributed by atoms with van der Waals surface area (Å²) >= 11 is 0. The Morgan fingerprint density at radius 3 is 2.50 bits per heavy atom. The van der Waals surface area contributed by atoms with Crippen LogP contribution in [0.3, 0.4) is 0 Å². The third-order valence-electron chi connectivity index (χ3n) is 2.30. The summed E-state index contributed by atoms with van der Waals surface area (Å²) in [4.78, 5) is 20.0. The van der Waals surface area contributed by atoms with E-state index in [2.05, 4.69) is 21.8 Å². The molecule has 0 unspecified atom stereocenters. The molecule has 3 nitrogen and oxygen atoms in total. The van der Waals surface area contributed by atoms with E-state index in [0.717, 1.165) is 17.0 Å². The summed E-state index contributed by atoms with van der Waals surface area (Å²) in [5.41, 5.74) is 2.95. The topological polar surface area (TPSA) is 42.9 Å². The van der Waals surface area contributed by atoms with Gasteiger partial charge < -0.3 is 0 Å². The summed E-state index contributed by atoms with van der Waals surface area (Å²) in [5, 5.41) is 0. The van der Waals surface area contributed by atoms with Crippen LogP contribution in [-0.2, 0) is 0 Å². The Morgan fingerprint density at radius 1 is 1.17 bits per heavy atom. The smallest absolute Gasteiger partial charge is 0.254 e. The van der Waals surface area contributed by atoms with Gasteiger partial charge in [0.05, 0.1) is 0 Å². The predicted molar refractivity (Wildman–Crippen MR) is 69.2 cm³/mol. The molecule has 0 atom stereocenters. The van der Waals surface area contributed by atoms with E-state index in [1.807, 2.05) is 26.0 Å². The molecule has 0 bridgehead atoms. The molecule has 0 spiro atoms. The normalized spacial score (nSPS) is 9.44. The van der Waals surface area contributed by atoms with Crippen LogP contribution in [0.5, 0.6) is 0 Å². The zero-order valence-electron chi connectivity index (χ0n) is 10.3. The van der Waals surface area contributed by atoms with E-state index in [-0.39, 0.29) is 5.78 Å². The minimum atomic E-state index is -0.275. The molecule has 0 fully saturated rings. The molecule has 0 radical (unpaired) electrons. The molecule has 3 heteroatoms. The molecule has 2 aromatic rings. The average Bonchev–Trinajstić information content (AvgIpc) is 2.36. The lowest BCUT2D eigenvalue weighted by Gasteiger charge is -1.96. The number of pyridine rings is 2. The zero-order valence-corrected chi connectivity index (χ0v) is 10.3. The fourth-order valence-corrected chi connectivity index (χ4v) is 1.60. The van der Waals surface area contributed by atoms with Gasteiger partial charge in [0.25, 0.3) is 5.78 Å². The first-order valence-electron chi connectivity index (χ1n) is 5.58. The Balaban J connectivity index is 2.25. The summed E-state index contributed by atoms with van der Waals surface area (Å²) < 4.78 is 0. The van der Waals surface area contributed by atoms with E-state index in [4.69, 9.17) is 0 Å². The largest absolute Gasteiger partial charge is 0.277 e. The lowest BCUT2D eigenvalue weighted by molar-refractivity contribution is 0.105. The number of carbonyl (C=O) groups excluding carboxylic acids is 1. The maximum Gasteiger partial charge on any atom is 0.254 e. The van der Waals surface area contributed by atoms with E-state index >= 15 is 0 Å². The molecular weight excluding hydrogens is 224 g/mol. The summed E-state index contributed by atoms with van der Waals surface area (Å²) in [6.45, 7) is 3.80. The van der Waals surface area contributed by atoms with E-state index in [1.54, 1.807) is 24.4 Å². The van der Waals surface area contributed by atoms with Crippen molar-refractivity contribution in [1.29, 1.82) is 0 Å². The zero-order chi connectivity index (χ0) is 13.0. The van der Waals surface area contributed by atoms with Crippen molar-refractivity contribution in [3.8, 4) is 11.8 Å². The minimum Gasteiger partial charge on any atom is -0.277 e. The highest BCUT2D eigenvalue weighted by atomic mass is 16.1. The summed E-state index contributed by atoms with van der Waals surface area (Å²) in [5.74, 6) is 5.16. The Morgan fingerprint density at radius 2 is 1.89 bits per heavy atom. The number of aryl methyl sites for hydroxylation is 2. The third-order valence-corrected chi connectivity index (χ3v) is 2.30. The van der Waals surface area contributed by atoms with Crippen LogP contribution in [0.25, 0.3) is 0 Å². The van der Waals surface area contributed by atoms with Crippen molar-refractivity contribution in [3.05, 3.63) is 59.2 Å². The van der Waals surface area contributed by atoms with Crippen molar-refractivity contribution in [2.24, 2.45) is 0 Å². The van der Waals surface area contributed by atoms with Crippen molar-refractivity contribution in [2.75, 3.05) is 0 Å². The van der Waals surface area contributed by atoms with Crippen LogP contribution in [0.4, 0.5) is 0 Å². The van der Waals surface area contributed by atoms with E-state index in [1.165, 1.54) is 0 Å². The molecule has 88 valence electrons. The first kappa shape index (κ1) is 12.0.